The number of hydrogen-bond donors (Lipinski definition) is 2. The molecule has 2 amide bonds. The smallest absolute Gasteiger partial charge is 0.417 e. The van der Waals surface area contributed by atoms with E-state index in [2.05, 4.69) is 0 Å². The van der Waals surface area contributed by atoms with E-state index in [1.165, 1.54) is 38.1 Å². The first-order valence-corrected chi connectivity index (χ1v) is 9.29. The van der Waals surface area contributed by atoms with Crippen LogP contribution in [0.2, 0.25) is 0 Å². The van der Waals surface area contributed by atoms with Crippen LogP contribution in [0.3, 0.4) is 0 Å². The van der Waals surface area contributed by atoms with E-state index in [1.54, 1.807) is 0 Å². The zero-order valence-corrected chi connectivity index (χ0v) is 17.0. The van der Waals surface area contributed by atoms with E-state index in [0.717, 1.165) is 24.3 Å². The molecule has 166 valence electrons. The summed E-state index contributed by atoms with van der Waals surface area (Å²) in [5.41, 5.74) is 9.40. The summed E-state index contributed by atoms with van der Waals surface area (Å²) >= 11 is 0. The number of halogens is 4. The zero-order chi connectivity index (χ0) is 23.8. The van der Waals surface area contributed by atoms with E-state index in [1.807, 2.05) is 0 Å². The number of carbonyl (C=O) groups excluding carboxylic acids is 2. The van der Waals surface area contributed by atoms with E-state index in [0.29, 0.717) is 5.56 Å². The molecule has 0 fully saturated rings. The largest absolute Gasteiger partial charge is 0.456 e. The Labute approximate surface area is 180 Å². The molecule has 0 saturated heterocycles. The van der Waals surface area contributed by atoms with Gasteiger partial charge in [-0.1, -0.05) is 6.07 Å². The number of hydrogen-bond acceptors (Lipinski definition) is 3. The van der Waals surface area contributed by atoms with Crippen LogP contribution in [-0.2, 0) is 6.18 Å². The third-order valence-corrected chi connectivity index (χ3v) is 4.87. The minimum atomic E-state index is -4.84. The molecule has 0 unspecified atom stereocenters. The highest BCUT2D eigenvalue weighted by molar-refractivity contribution is 6.00. The zero-order valence-electron chi connectivity index (χ0n) is 17.0. The van der Waals surface area contributed by atoms with Gasteiger partial charge >= 0.3 is 6.18 Å². The number of ether oxygens (including phenoxy) is 1. The fourth-order valence-electron chi connectivity index (χ4n) is 3.27. The number of nitrogens with two attached hydrogens (primary N) is 2. The average molecular weight is 446 g/mol. The van der Waals surface area contributed by atoms with E-state index < -0.39 is 40.7 Å². The highest BCUT2D eigenvalue weighted by Gasteiger charge is 2.37. The second-order valence-electron chi connectivity index (χ2n) is 7.13. The number of rotatable bonds is 5. The SMILES string of the molecule is Cc1cc(F)ccc1Oc1c(C(N)=O)ccc(C(F)(F)F)c1-c1cc(C(N)=O)ccc1C. The van der Waals surface area contributed by atoms with Crippen LogP contribution < -0.4 is 16.2 Å². The number of amides is 2. The number of primary amides is 2. The summed E-state index contributed by atoms with van der Waals surface area (Å²) in [6.45, 7) is 3.03. The number of carbonyl (C=O) groups is 2. The van der Waals surface area contributed by atoms with Crippen LogP contribution >= 0.6 is 0 Å². The van der Waals surface area contributed by atoms with Gasteiger partial charge in [-0.2, -0.15) is 13.2 Å². The lowest BCUT2D eigenvalue weighted by Gasteiger charge is -2.22. The Bertz CT molecular complexity index is 1240. The van der Waals surface area contributed by atoms with Crippen LogP contribution in [0.25, 0.3) is 11.1 Å². The van der Waals surface area contributed by atoms with Crippen LogP contribution in [0.5, 0.6) is 11.5 Å². The normalized spacial score (nSPS) is 11.3. The lowest BCUT2D eigenvalue weighted by Crippen LogP contribution is -2.16. The van der Waals surface area contributed by atoms with Crippen molar-refractivity contribution in [3.05, 3.63) is 82.2 Å². The number of aryl methyl sites for hydroxylation is 2. The van der Waals surface area contributed by atoms with Crippen LogP contribution in [-0.4, -0.2) is 11.8 Å². The Morgan fingerprint density at radius 1 is 0.875 bits per heavy atom. The van der Waals surface area contributed by atoms with Crippen molar-refractivity contribution in [1.29, 1.82) is 0 Å². The van der Waals surface area contributed by atoms with Gasteiger partial charge in [-0.25, -0.2) is 4.39 Å². The third kappa shape index (κ3) is 4.41. The highest BCUT2D eigenvalue weighted by atomic mass is 19.4. The Morgan fingerprint density at radius 3 is 2.12 bits per heavy atom. The van der Waals surface area contributed by atoms with Gasteiger partial charge in [-0.3, -0.25) is 9.59 Å². The lowest BCUT2D eigenvalue weighted by atomic mass is 9.91. The van der Waals surface area contributed by atoms with Crippen molar-refractivity contribution < 1.29 is 31.9 Å². The Kier molecular flexibility index (Phi) is 5.94. The maximum absolute atomic E-state index is 14.0. The fourth-order valence-corrected chi connectivity index (χ4v) is 3.27. The molecule has 3 aromatic carbocycles. The standard InChI is InChI=1S/C23H18F4N2O3/c1-11-3-4-13(21(28)30)10-16(11)19-17(23(25,26)27)7-6-15(22(29)31)20(19)32-18-8-5-14(24)9-12(18)2/h3-10H,1-2H3,(H2,28,30)(H2,29,31). The molecule has 0 saturated carbocycles. The molecule has 0 bridgehead atoms. The molecule has 0 aliphatic carbocycles. The van der Waals surface area contributed by atoms with Gasteiger partial charge in [0.15, 0.2) is 0 Å². The molecule has 0 aromatic heterocycles. The molecular formula is C23H18F4N2O3. The predicted octanol–water partition coefficient (Wildman–Crippen LogP) is 5.12. The topological polar surface area (TPSA) is 95.4 Å². The molecule has 3 rings (SSSR count). The van der Waals surface area contributed by atoms with Crippen molar-refractivity contribution in [1.82, 2.24) is 0 Å². The van der Waals surface area contributed by atoms with Crippen LogP contribution in [0.15, 0.2) is 48.5 Å². The molecule has 3 aromatic rings. The van der Waals surface area contributed by atoms with Crippen molar-refractivity contribution in [2.45, 2.75) is 20.0 Å². The molecule has 32 heavy (non-hydrogen) atoms. The third-order valence-electron chi connectivity index (χ3n) is 4.87. The van der Waals surface area contributed by atoms with Gasteiger partial charge in [0.25, 0.3) is 5.91 Å². The number of benzene rings is 3. The molecule has 5 nitrogen and oxygen atoms in total. The summed E-state index contributed by atoms with van der Waals surface area (Å²) in [5, 5.41) is 0. The van der Waals surface area contributed by atoms with E-state index in [4.69, 9.17) is 16.2 Å². The minimum absolute atomic E-state index is 0.0218. The monoisotopic (exact) mass is 446 g/mol. The molecule has 0 spiro atoms. The summed E-state index contributed by atoms with van der Waals surface area (Å²) in [6.07, 6.45) is -4.84. The Morgan fingerprint density at radius 2 is 1.56 bits per heavy atom. The fraction of sp³-hybridized carbons (Fsp3) is 0.130. The highest BCUT2D eigenvalue weighted by Crippen LogP contribution is 2.46. The Balaban J connectivity index is 2.42. The van der Waals surface area contributed by atoms with Crippen LogP contribution in [0.1, 0.15) is 37.4 Å². The van der Waals surface area contributed by atoms with E-state index in [9.17, 15) is 27.2 Å². The minimum Gasteiger partial charge on any atom is -0.456 e. The summed E-state index contributed by atoms with van der Waals surface area (Å²) in [7, 11) is 0. The van der Waals surface area contributed by atoms with Gasteiger partial charge < -0.3 is 16.2 Å². The van der Waals surface area contributed by atoms with E-state index >= 15 is 0 Å². The van der Waals surface area contributed by atoms with Gasteiger partial charge in [-0.15, -0.1) is 0 Å². The van der Waals surface area contributed by atoms with E-state index in [-0.39, 0.29) is 28.0 Å². The molecule has 9 heteroatoms. The summed E-state index contributed by atoms with van der Waals surface area (Å²) in [4.78, 5) is 23.7. The quantitative estimate of drug-likeness (QED) is 0.533. The molecular weight excluding hydrogens is 428 g/mol. The summed E-state index contributed by atoms with van der Waals surface area (Å²) in [6, 6.07) is 9.05. The lowest BCUT2D eigenvalue weighted by molar-refractivity contribution is -0.137. The first-order valence-electron chi connectivity index (χ1n) is 9.29. The summed E-state index contributed by atoms with van der Waals surface area (Å²) in [5.74, 6) is -2.88. The van der Waals surface area contributed by atoms with Crippen molar-refractivity contribution in [2.75, 3.05) is 0 Å². The first kappa shape index (κ1) is 22.8. The Hall–Kier alpha value is -3.88. The second kappa shape index (κ2) is 8.33. The maximum Gasteiger partial charge on any atom is 0.417 e. The molecule has 4 N–H and O–H groups in total. The maximum atomic E-state index is 14.0. The van der Waals surface area contributed by atoms with Crippen molar-refractivity contribution in [3.8, 4) is 22.6 Å². The average Bonchev–Trinajstić information content (AvgIpc) is 2.69. The second-order valence-corrected chi connectivity index (χ2v) is 7.13. The van der Waals surface area contributed by atoms with Gasteiger partial charge in [-0.05, 0) is 73.0 Å². The van der Waals surface area contributed by atoms with Crippen molar-refractivity contribution in [3.63, 3.8) is 0 Å². The molecule has 0 aliphatic heterocycles. The summed E-state index contributed by atoms with van der Waals surface area (Å²) < 4.78 is 61.2. The number of alkyl halides is 3. The molecule has 0 radical (unpaired) electrons. The van der Waals surface area contributed by atoms with Crippen LogP contribution in [0.4, 0.5) is 17.6 Å². The van der Waals surface area contributed by atoms with Gasteiger partial charge in [0, 0.05) is 11.1 Å². The molecule has 0 heterocycles. The van der Waals surface area contributed by atoms with Crippen LogP contribution in [0, 0.1) is 19.7 Å². The van der Waals surface area contributed by atoms with Gasteiger partial charge in [0.05, 0.1) is 11.1 Å². The molecule has 0 aliphatic rings. The van der Waals surface area contributed by atoms with Crippen molar-refractivity contribution >= 4 is 11.8 Å². The van der Waals surface area contributed by atoms with Gasteiger partial charge in [0.2, 0.25) is 5.91 Å². The van der Waals surface area contributed by atoms with Crippen molar-refractivity contribution in [2.24, 2.45) is 11.5 Å². The first-order chi connectivity index (χ1) is 14.9. The predicted molar refractivity (Wildman–Crippen MR) is 110 cm³/mol. The molecule has 0 atom stereocenters. The van der Waals surface area contributed by atoms with Gasteiger partial charge in [0.1, 0.15) is 17.3 Å².